The molecule has 8 heteroatoms. The molecule has 0 radical (unpaired) electrons. The van der Waals surface area contributed by atoms with Gasteiger partial charge in [0.1, 0.15) is 5.82 Å². The number of hydrogen-bond acceptors (Lipinski definition) is 4. The Balaban J connectivity index is 1.55. The Bertz CT molecular complexity index is 1100. The molecule has 0 bridgehead atoms. The van der Waals surface area contributed by atoms with Crippen LogP contribution < -0.4 is 10.2 Å². The van der Waals surface area contributed by atoms with E-state index in [-0.39, 0.29) is 23.6 Å². The van der Waals surface area contributed by atoms with Crippen LogP contribution in [0.5, 0.6) is 0 Å². The van der Waals surface area contributed by atoms with E-state index >= 15 is 0 Å². The minimum absolute atomic E-state index is 0.000244. The maximum atomic E-state index is 13.6. The number of hydrogen-bond donors (Lipinski definition) is 1. The van der Waals surface area contributed by atoms with Crippen molar-refractivity contribution in [2.45, 2.75) is 33.1 Å². The van der Waals surface area contributed by atoms with Crippen LogP contribution in [0.1, 0.15) is 53.8 Å². The molecule has 2 aliphatic rings. The summed E-state index contributed by atoms with van der Waals surface area (Å²) in [5.74, 6) is -0.627. The number of anilines is 2. The zero-order valence-electron chi connectivity index (χ0n) is 20.4. The molecule has 2 aromatic rings. The Hall–Kier alpha value is -3.42. The van der Waals surface area contributed by atoms with Gasteiger partial charge in [0.15, 0.2) is 0 Å². The molecule has 1 N–H and O–H groups in total. The second-order valence-electron chi connectivity index (χ2n) is 9.12. The largest absolute Gasteiger partial charge is 0.369 e. The van der Waals surface area contributed by atoms with Gasteiger partial charge >= 0.3 is 0 Å². The van der Waals surface area contributed by atoms with E-state index in [0.717, 1.165) is 24.9 Å². The molecule has 1 saturated carbocycles. The van der Waals surface area contributed by atoms with E-state index in [1.54, 1.807) is 28.0 Å². The van der Waals surface area contributed by atoms with Gasteiger partial charge in [0.2, 0.25) is 5.91 Å². The van der Waals surface area contributed by atoms with Crippen LogP contribution in [-0.2, 0) is 4.79 Å². The number of benzene rings is 2. The topological polar surface area (TPSA) is 73.0 Å². The molecule has 1 aliphatic carbocycles. The van der Waals surface area contributed by atoms with Crippen LogP contribution in [0.2, 0.25) is 0 Å². The Morgan fingerprint density at radius 2 is 1.77 bits per heavy atom. The van der Waals surface area contributed by atoms with Crippen molar-refractivity contribution in [2.75, 3.05) is 49.5 Å². The van der Waals surface area contributed by atoms with Gasteiger partial charge in [0.05, 0.1) is 5.56 Å². The fourth-order valence-electron chi connectivity index (χ4n) is 4.50. The predicted octanol–water partition coefficient (Wildman–Crippen LogP) is 4.01. The van der Waals surface area contributed by atoms with Crippen LogP contribution in [0.4, 0.5) is 15.8 Å². The SMILES string of the molecule is CCN(CC)C(=O)c1cc(NC(=O)C2CC2)ccc1N1CCCN(C(=O)c2cccc(F)c2)CC1. The molecular formula is C27H33FN4O3. The molecule has 186 valence electrons. The lowest BCUT2D eigenvalue weighted by molar-refractivity contribution is -0.117. The van der Waals surface area contributed by atoms with Crippen LogP contribution in [0, 0.1) is 11.7 Å². The number of carbonyl (C=O) groups is 3. The normalized spacial score (nSPS) is 16.0. The number of amides is 3. The zero-order chi connectivity index (χ0) is 24.9. The van der Waals surface area contributed by atoms with Gasteiger partial charge < -0.3 is 20.0 Å². The van der Waals surface area contributed by atoms with E-state index in [1.807, 2.05) is 26.0 Å². The van der Waals surface area contributed by atoms with Crippen LogP contribution in [-0.4, -0.2) is 66.8 Å². The van der Waals surface area contributed by atoms with Crippen LogP contribution in [0.25, 0.3) is 0 Å². The number of carbonyl (C=O) groups excluding carboxylic acids is 3. The average Bonchev–Trinajstić information content (AvgIpc) is 3.72. The van der Waals surface area contributed by atoms with Crippen molar-refractivity contribution in [3.05, 3.63) is 59.4 Å². The Kier molecular flexibility index (Phi) is 7.68. The molecule has 1 heterocycles. The highest BCUT2D eigenvalue weighted by Crippen LogP contribution is 2.32. The standard InChI is InChI=1S/C27H33FN4O3/c1-3-30(4-2)27(35)23-18-22(29-25(33)19-9-10-19)11-12-24(23)31-13-6-14-32(16-15-31)26(34)20-7-5-8-21(28)17-20/h5,7-8,11-12,17-19H,3-4,6,9-10,13-16H2,1-2H3,(H,29,33). The lowest BCUT2D eigenvalue weighted by atomic mass is 10.1. The summed E-state index contributed by atoms with van der Waals surface area (Å²) >= 11 is 0. The summed E-state index contributed by atoms with van der Waals surface area (Å²) in [6.07, 6.45) is 2.54. The average molecular weight is 481 g/mol. The lowest BCUT2D eigenvalue weighted by Gasteiger charge is -2.28. The van der Waals surface area contributed by atoms with Crippen LogP contribution in [0.15, 0.2) is 42.5 Å². The third kappa shape index (κ3) is 5.81. The summed E-state index contributed by atoms with van der Waals surface area (Å²) in [6, 6.07) is 11.3. The molecule has 4 rings (SSSR count). The van der Waals surface area contributed by atoms with E-state index < -0.39 is 5.82 Å². The minimum Gasteiger partial charge on any atom is -0.369 e. The number of nitrogens with zero attached hydrogens (tertiary/aromatic N) is 3. The molecule has 1 aliphatic heterocycles. The van der Waals surface area contributed by atoms with Crippen LogP contribution >= 0.6 is 0 Å². The highest BCUT2D eigenvalue weighted by Gasteiger charge is 2.30. The van der Waals surface area contributed by atoms with Gasteiger partial charge in [-0.2, -0.15) is 0 Å². The fraction of sp³-hybridized carbons (Fsp3) is 0.444. The summed E-state index contributed by atoms with van der Waals surface area (Å²) < 4.78 is 13.6. The molecule has 3 amide bonds. The number of halogens is 1. The minimum atomic E-state index is -0.430. The molecule has 0 atom stereocenters. The third-order valence-electron chi connectivity index (χ3n) is 6.69. The molecule has 35 heavy (non-hydrogen) atoms. The van der Waals surface area contributed by atoms with Crippen molar-refractivity contribution >= 4 is 29.1 Å². The quantitative estimate of drug-likeness (QED) is 0.650. The van der Waals surface area contributed by atoms with Crippen molar-refractivity contribution in [1.82, 2.24) is 9.80 Å². The first-order valence-corrected chi connectivity index (χ1v) is 12.4. The van der Waals surface area contributed by atoms with E-state index in [0.29, 0.717) is 56.1 Å². The predicted molar refractivity (Wildman–Crippen MR) is 134 cm³/mol. The van der Waals surface area contributed by atoms with Crippen LogP contribution in [0.3, 0.4) is 0 Å². The first kappa shape index (κ1) is 24.7. The monoisotopic (exact) mass is 480 g/mol. The summed E-state index contributed by atoms with van der Waals surface area (Å²) in [5.41, 5.74) is 2.31. The first-order valence-electron chi connectivity index (χ1n) is 12.4. The molecule has 0 spiro atoms. The van der Waals surface area contributed by atoms with Crippen molar-refractivity contribution in [2.24, 2.45) is 5.92 Å². The van der Waals surface area contributed by atoms with Gasteiger partial charge in [-0.3, -0.25) is 14.4 Å². The molecule has 7 nitrogen and oxygen atoms in total. The van der Waals surface area contributed by atoms with E-state index in [2.05, 4.69) is 10.2 Å². The molecule has 2 aromatic carbocycles. The fourth-order valence-corrected chi connectivity index (χ4v) is 4.50. The van der Waals surface area contributed by atoms with E-state index in [1.165, 1.54) is 12.1 Å². The van der Waals surface area contributed by atoms with E-state index in [4.69, 9.17) is 0 Å². The van der Waals surface area contributed by atoms with Gasteiger partial charge in [0, 0.05) is 62.1 Å². The van der Waals surface area contributed by atoms with E-state index in [9.17, 15) is 18.8 Å². The molecule has 0 unspecified atom stereocenters. The lowest BCUT2D eigenvalue weighted by Crippen LogP contribution is -2.36. The molecular weight excluding hydrogens is 447 g/mol. The zero-order valence-corrected chi connectivity index (χ0v) is 20.4. The van der Waals surface area contributed by atoms with Crippen molar-refractivity contribution in [1.29, 1.82) is 0 Å². The number of rotatable bonds is 7. The van der Waals surface area contributed by atoms with Gasteiger partial charge in [-0.25, -0.2) is 4.39 Å². The highest BCUT2D eigenvalue weighted by atomic mass is 19.1. The van der Waals surface area contributed by atoms with Gasteiger partial charge in [-0.05, 0) is 69.5 Å². The second-order valence-corrected chi connectivity index (χ2v) is 9.12. The third-order valence-corrected chi connectivity index (χ3v) is 6.69. The second kappa shape index (κ2) is 10.9. The Labute approximate surface area is 205 Å². The number of nitrogens with one attached hydrogen (secondary N) is 1. The van der Waals surface area contributed by atoms with Crippen molar-refractivity contribution < 1.29 is 18.8 Å². The molecule has 1 saturated heterocycles. The summed E-state index contributed by atoms with van der Waals surface area (Å²) in [5, 5.41) is 2.95. The molecule has 0 aromatic heterocycles. The molecule has 2 fully saturated rings. The summed E-state index contributed by atoms with van der Waals surface area (Å²) in [4.78, 5) is 44.3. The Morgan fingerprint density at radius 1 is 1.00 bits per heavy atom. The van der Waals surface area contributed by atoms with Crippen molar-refractivity contribution in [3.8, 4) is 0 Å². The smallest absolute Gasteiger partial charge is 0.256 e. The van der Waals surface area contributed by atoms with Crippen molar-refractivity contribution in [3.63, 3.8) is 0 Å². The summed E-state index contributed by atoms with van der Waals surface area (Å²) in [6.45, 7) is 7.32. The maximum Gasteiger partial charge on any atom is 0.256 e. The first-order chi connectivity index (χ1) is 16.9. The summed E-state index contributed by atoms with van der Waals surface area (Å²) in [7, 11) is 0. The van der Waals surface area contributed by atoms with Gasteiger partial charge in [-0.1, -0.05) is 6.07 Å². The maximum absolute atomic E-state index is 13.6. The van der Waals surface area contributed by atoms with Gasteiger partial charge in [0.25, 0.3) is 11.8 Å². The van der Waals surface area contributed by atoms with Gasteiger partial charge in [-0.15, -0.1) is 0 Å². The Morgan fingerprint density at radius 3 is 2.46 bits per heavy atom. The highest BCUT2D eigenvalue weighted by molar-refractivity contribution is 6.02.